The highest BCUT2D eigenvalue weighted by Gasteiger charge is 2.46. The van der Waals surface area contributed by atoms with Crippen LogP contribution in [0.1, 0.15) is 13.3 Å². The molecule has 0 unspecified atom stereocenters. The maximum Gasteiger partial charge on any atom is 0.0872 e. The SMILES string of the molecule is COC[C@]12C/C(=C/F)CN1CCN(C[C@@H](C)O)C2. The van der Waals surface area contributed by atoms with Crippen LogP contribution in [0, 0.1) is 0 Å². The molecule has 0 bridgehead atoms. The van der Waals surface area contributed by atoms with E-state index >= 15 is 0 Å². The molecular weight excluding hydrogens is 235 g/mol. The first-order chi connectivity index (χ1) is 8.59. The molecule has 2 aliphatic rings. The van der Waals surface area contributed by atoms with Gasteiger partial charge in [0.1, 0.15) is 0 Å². The van der Waals surface area contributed by atoms with Gasteiger partial charge in [-0.3, -0.25) is 9.80 Å². The Morgan fingerprint density at radius 1 is 1.56 bits per heavy atom. The third kappa shape index (κ3) is 2.74. The number of methoxy groups -OCH3 is 1. The lowest BCUT2D eigenvalue weighted by atomic mass is 9.93. The maximum atomic E-state index is 12.8. The van der Waals surface area contributed by atoms with Gasteiger partial charge in [0.15, 0.2) is 0 Å². The lowest BCUT2D eigenvalue weighted by Gasteiger charge is -2.46. The quantitative estimate of drug-likeness (QED) is 0.802. The topological polar surface area (TPSA) is 35.9 Å². The van der Waals surface area contributed by atoms with E-state index in [0.29, 0.717) is 19.7 Å². The normalized spacial score (nSPS) is 33.9. The van der Waals surface area contributed by atoms with E-state index in [1.54, 1.807) is 14.0 Å². The number of aliphatic hydroxyl groups excluding tert-OH is 1. The Morgan fingerprint density at radius 3 is 2.94 bits per heavy atom. The summed E-state index contributed by atoms with van der Waals surface area (Å²) in [5.74, 6) is 0. The second kappa shape index (κ2) is 5.65. The lowest BCUT2D eigenvalue weighted by Crippen LogP contribution is -2.62. The summed E-state index contributed by atoms with van der Waals surface area (Å²) in [4.78, 5) is 4.57. The first kappa shape index (κ1) is 13.9. The van der Waals surface area contributed by atoms with Crippen molar-refractivity contribution in [2.24, 2.45) is 0 Å². The third-order valence-electron chi connectivity index (χ3n) is 3.91. The number of fused-ring (bicyclic) bond motifs is 1. The van der Waals surface area contributed by atoms with Crippen molar-refractivity contribution in [2.45, 2.75) is 25.0 Å². The molecule has 0 aromatic carbocycles. The molecule has 1 N–H and O–H groups in total. The highest BCUT2D eigenvalue weighted by atomic mass is 19.1. The fourth-order valence-electron chi connectivity index (χ4n) is 3.29. The van der Waals surface area contributed by atoms with Gasteiger partial charge in [0.05, 0.1) is 24.6 Å². The Balaban J connectivity index is 2.10. The molecule has 0 saturated carbocycles. The number of β-amino-alcohol motifs (C(OH)–C–C–N with tert-alkyl or cyclic N) is 1. The summed E-state index contributed by atoms with van der Waals surface area (Å²) in [5.41, 5.74) is 0.741. The van der Waals surface area contributed by atoms with E-state index in [9.17, 15) is 9.50 Å². The van der Waals surface area contributed by atoms with E-state index in [0.717, 1.165) is 38.0 Å². The van der Waals surface area contributed by atoms with Crippen molar-refractivity contribution < 1.29 is 14.2 Å². The molecule has 2 atom stereocenters. The van der Waals surface area contributed by atoms with E-state index in [1.165, 1.54) is 0 Å². The van der Waals surface area contributed by atoms with Crippen molar-refractivity contribution in [3.63, 3.8) is 0 Å². The molecule has 2 fully saturated rings. The van der Waals surface area contributed by atoms with Crippen molar-refractivity contribution in [3.05, 3.63) is 11.9 Å². The molecule has 0 aliphatic carbocycles. The van der Waals surface area contributed by atoms with Gasteiger partial charge in [-0.15, -0.1) is 0 Å². The number of aliphatic hydroxyl groups is 1. The van der Waals surface area contributed by atoms with Gasteiger partial charge in [0, 0.05) is 39.8 Å². The average molecular weight is 258 g/mol. The average Bonchev–Trinajstić information content (AvgIpc) is 2.66. The van der Waals surface area contributed by atoms with Crippen LogP contribution in [-0.4, -0.2) is 73.0 Å². The summed E-state index contributed by atoms with van der Waals surface area (Å²) in [7, 11) is 1.69. The van der Waals surface area contributed by atoms with Crippen molar-refractivity contribution in [1.29, 1.82) is 0 Å². The summed E-state index contributed by atoms with van der Waals surface area (Å²) >= 11 is 0. The van der Waals surface area contributed by atoms with Crippen LogP contribution in [0.4, 0.5) is 4.39 Å². The lowest BCUT2D eigenvalue weighted by molar-refractivity contribution is -0.0327. The minimum atomic E-state index is -0.325. The van der Waals surface area contributed by atoms with Crippen molar-refractivity contribution in [3.8, 4) is 0 Å². The number of rotatable bonds is 4. The van der Waals surface area contributed by atoms with Crippen LogP contribution in [0.15, 0.2) is 11.9 Å². The van der Waals surface area contributed by atoms with Crippen molar-refractivity contribution >= 4 is 0 Å². The molecule has 4 nitrogen and oxygen atoms in total. The summed E-state index contributed by atoms with van der Waals surface area (Å²) in [6.07, 6.45) is 1.15. The Bertz CT molecular complexity index is 322. The van der Waals surface area contributed by atoms with E-state index in [1.807, 2.05) is 0 Å². The standard InChI is InChI=1S/C13H23FN2O2/c1-11(17)7-15-3-4-16-8-12(6-14)5-13(16,9-15)10-18-2/h6,11,17H,3-5,7-10H2,1-2H3/b12-6-/t11-,13-/m1/s1. The molecule has 104 valence electrons. The largest absolute Gasteiger partial charge is 0.392 e. The van der Waals surface area contributed by atoms with Gasteiger partial charge < -0.3 is 9.84 Å². The van der Waals surface area contributed by atoms with E-state index < -0.39 is 0 Å². The zero-order chi connectivity index (χ0) is 13.2. The minimum Gasteiger partial charge on any atom is -0.392 e. The smallest absolute Gasteiger partial charge is 0.0872 e. The van der Waals surface area contributed by atoms with Gasteiger partial charge in [0.25, 0.3) is 0 Å². The molecule has 0 amide bonds. The summed E-state index contributed by atoms with van der Waals surface area (Å²) in [5, 5.41) is 9.50. The number of nitrogens with zero attached hydrogens (tertiary/aromatic N) is 2. The molecule has 18 heavy (non-hydrogen) atoms. The zero-order valence-corrected chi connectivity index (χ0v) is 11.2. The fraction of sp³-hybridized carbons (Fsp3) is 0.846. The molecule has 0 spiro atoms. The van der Waals surface area contributed by atoms with Crippen molar-refractivity contribution in [2.75, 3.05) is 46.4 Å². The van der Waals surface area contributed by atoms with Crippen molar-refractivity contribution in [1.82, 2.24) is 9.80 Å². The van der Waals surface area contributed by atoms with Crippen LogP contribution in [0.3, 0.4) is 0 Å². The van der Waals surface area contributed by atoms with Gasteiger partial charge >= 0.3 is 0 Å². The highest BCUT2D eigenvalue weighted by molar-refractivity contribution is 5.19. The minimum absolute atomic E-state index is 0.111. The van der Waals surface area contributed by atoms with Gasteiger partial charge in [-0.05, 0) is 18.9 Å². The van der Waals surface area contributed by atoms with Gasteiger partial charge in [-0.1, -0.05) is 0 Å². The van der Waals surface area contributed by atoms with E-state index in [4.69, 9.17) is 4.74 Å². The molecule has 0 aromatic rings. The third-order valence-corrected chi connectivity index (χ3v) is 3.91. The van der Waals surface area contributed by atoms with Gasteiger partial charge in [-0.2, -0.15) is 0 Å². The Labute approximate surface area is 108 Å². The second-order valence-electron chi connectivity index (χ2n) is 5.61. The summed E-state index contributed by atoms with van der Waals surface area (Å²) in [6, 6.07) is 0. The second-order valence-corrected chi connectivity index (χ2v) is 5.61. The van der Waals surface area contributed by atoms with Crippen LogP contribution in [0.25, 0.3) is 0 Å². The Hall–Kier alpha value is -0.490. The highest BCUT2D eigenvalue weighted by Crippen LogP contribution is 2.36. The molecule has 2 heterocycles. The Kier molecular flexibility index (Phi) is 4.37. The molecule has 0 aromatic heterocycles. The molecule has 0 radical (unpaired) electrons. The van der Waals surface area contributed by atoms with Crippen LogP contribution < -0.4 is 0 Å². The van der Waals surface area contributed by atoms with E-state index in [2.05, 4.69) is 9.80 Å². The maximum absolute atomic E-state index is 12.8. The van der Waals surface area contributed by atoms with Crippen LogP contribution in [-0.2, 0) is 4.74 Å². The first-order valence-electron chi connectivity index (χ1n) is 6.52. The molecule has 2 aliphatic heterocycles. The zero-order valence-electron chi connectivity index (χ0n) is 11.2. The predicted molar refractivity (Wildman–Crippen MR) is 68.1 cm³/mol. The molecule has 2 rings (SSSR count). The van der Waals surface area contributed by atoms with Crippen LogP contribution >= 0.6 is 0 Å². The van der Waals surface area contributed by atoms with Gasteiger partial charge in [0.2, 0.25) is 0 Å². The predicted octanol–water partition coefficient (Wildman–Crippen LogP) is 0.627. The number of halogens is 1. The number of hydrogen-bond donors (Lipinski definition) is 1. The van der Waals surface area contributed by atoms with Crippen LogP contribution in [0.2, 0.25) is 0 Å². The van der Waals surface area contributed by atoms with Gasteiger partial charge in [-0.25, -0.2) is 4.39 Å². The first-order valence-corrected chi connectivity index (χ1v) is 6.52. The molecular formula is C13H23FN2O2. The van der Waals surface area contributed by atoms with E-state index in [-0.39, 0.29) is 11.6 Å². The number of piperazine rings is 1. The molecule has 5 heteroatoms. The summed E-state index contributed by atoms with van der Waals surface area (Å²) in [6.45, 7) is 6.47. The van der Waals surface area contributed by atoms with Crippen LogP contribution in [0.5, 0.6) is 0 Å². The Morgan fingerprint density at radius 2 is 2.33 bits per heavy atom. The summed E-state index contributed by atoms with van der Waals surface area (Å²) < 4.78 is 18.1. The number of ether oxygens (including phenoxy) is 1. The fourth-order valence-corrected chi connectivity index (χ4v) is 3.29. The molecule has 2 saturated heterocycles. The monoisotopic (exact) mass is 258 g/mol. The number of hydrogen-bond acceptors (Lipinski definition) is 4.